The van der Waals surface area contributed by atoms with Crippen LogP contribution in [0.15, 0.2) is 12.4 Å². The average molecular weight is 357 g/mol. The van der Waals surface area contributed by atoms with E-state index in [9.17, 15) is 4.79 Å². The summed E-state index contributed by atoms with van der Waals surface area (Å²) in [6, 6.07) is -0.163. The number of ether oxygens (including phenoxy) is 1. The van der Waals surface area contributed by atoms with Crippen LogP contribution in [0.4, 0.5) is 0 Å². The lowest BCUT2D eigenvalue weighted by molar-refractivity contribution is 0.0497. The lowest BCUT2D eigenvalue weighted by atomic mass is 9.91. The van der Waals surface area contributed by atoms with Gasteiger partial charge < -0.3 is 14.6 Å². The zero-order valence-electron chi connectivity index (χ0n) is 16.0. The highest BCUT2D eigenvalue weighted by atomic mass is 16.5. The number of amides is 1. The second kappa shape index (κ2) is 7.95. The van der Waals surface area contributed by atoms with Crippen molar-refractivity contribution in [3.8, 4) is 0 Å². The van der Waals surface area contributed by atoms with Gasteiger partial charge in [0.05, 0.1) is 23.1 Å². The van der Waals surface area contributed by atoms with Crippen LogP contribution in [-0.4, -0.2) is 38.6 Å². The summed E-state index contributed by atoms with van der Waals surface area (Å²) in [7, 11) is 0. The Balaban J connectivity index is 1.90. The highest BCUT2D eigenvalue weighted by molar-refractivity contribution is 5.93. The van der Waals surface area contributed by atoms with E-state index in [1.807, 2.05) is 27.0 Å². The van der Waals surface area contributed by atoms with Crippen LogP contribution < -0.4 is 5.32 Å². The number of imidazole rings is 1. The van der Waals surface area contributed by atoms with Gasteiger partial charge in [-0.25, -0.2) is 9.97 Å². The number of aromatic nitrogens is 4. The molecule has 1 amide bonds. The van der Waals surface area contributed by atoms with Gasteiger partial charge in [-0.05, 0) is 46.5 Å². The molecule has 0 aliphatic carbocycles. The largest absolute Gasteiger partial charge is 0.381 e. The van der Waals surface area contributed by atoms with Gasteiger partial charge in [-0.2, -0.15) is 0 Å². The highest BCUT2D eigenvalue weighted by Gasteiger charge is 2.31. The molecule has 0 spiro atoms. The van der Waals surface area contributed by atoms with Crippen LogP contribution in [-0.2, 0) is 11.3 Å². The first-order chi connectivity index (χ1) is 12.5. The summed E-state index contributed by atoms with van der Waals surface area (Å²) in [4.78, 5) is 26.4. The van der Waals surface area contributed by atoms with Crippen LogP contribution in [0, 0.1) is 26.7 Å². The molecular weight excluding hydrogens is 330 g/mol. The van der Waals surface area contributed by atoms with Gasteiger partial charge in [-0.1, -0.05) is 0 Å². The highest BCUT2D eigenvalue weighted by Crippen LogP contribution is 2.29. The van der Waals surface area contributed by atoms with Crippen molar-refractivity contribution in [3.05, 3.63) is 41.0 Å². The van der Waals surface area contributed by atoms with E-state index < -0.39 is 0 Å². The first-order valence-electron chi connectivity index (χ1n) is 9.22. The van der Waals surface area contributed by atoms with E-state index in [1.165, 1.54) is 0 Å². The van der Waals surface area contributed by atoms with E-state index in [4.69, 9.17) is 4.74 Å². The number of hydrogen-bond acceptors (Lipinski definition) is 5. The van der Waals surface area contributed by atoms with E-state index in [-0.39, 0.29) is 11.9 Å². The average Bonchev–Trinajstić information content (AvgIpc) is 3.11. The lowest BCUT2D eigenvalue weighted by Crippen LogP contribution is -2.38. The molecule has 7 heteroatoms. The van der Waals surface area contributed by atoms with Crippen molar-refractivity contribution in [1.29, 1.82) is 0 Å². The topological polar surface area (TPSA) is 81.9 Å². The SMILES string of the molecule is CCn1ccnc1[C@@H](NC(=O)c1nc(C)c(C)nc1C)C1CCOCC1. The molecule has 0 aromatic carbocycles. The first kappa shape index (κ1) is 18.5. The van der Waals surface area contributed by atoms with Crippen LogP contribution >= 0.6 is 0 Å². The third kappa shape index (κ3) is 3.77. The molecule has 1 atom stereocenters. The standard InChI is InChI=1S/C19H27N5O2/c1-5-24-9-8-20-18(24)17(15-6-10-26-11-7-15)23-19(25)16-14(4)21-12(2)13(3)22-16/h8-9,15,17H,5-7,10-11H2,1-4H3,(H,23,25)/t17-/m0/s1. The number of rotatable bonds is 5. The summed E-state index contributed by atoms with van der Waals surface area (Å²) < 4.78 is 7.58. The fraction of sp³-hybridized carbons (Fsp3) is 0.579. The number of nitrogens with zero attached hydrogens (tertiary/aromatic N) is 4. The zero-order valence-corrected chi connectivity index (χ0v) is 16.0. The van der Waals surface area contributed by atoms with E-state index in [2.05, 4.69) is 31.8 Å². The second-order valence-corrected chi connectivity index (χ2v) is 6.80. The van der Waals surface area contributed by atoms with Crippen LogP contribution in [0.3, 0.4) is 0 Å². The van der Waals surface area contributed by atoms with E-state index >= 15 is 0 Å². The van der Waals surface area contributed by atoms with Crippen molar-refractivity contribution >= 4 is 5.91 Å². The monoisotopic (exact) mass is 357 g/mol. The van der Waals surface area contributed by atoms with Gasteiger partial charge in [0, 0.05) is 32.2 Å². The van der Waals surface area contributed by atoms with Crippen molar-refractivity contribution in [2.75, 3.05) is 13.2 Å². The van der Waals surface area contributed by atoms with Gasteiger partial charge in [0.25, 0.3) is 5.91 Å². The Morgan fingerprint density at radius 2 is 1.92 bits per heavy atom. The molecule has 26 heavy (non-hydrogen) atoms. The minimum absolute atomic E-state index is 0.163. The van der Waals surface area contributed by atoms with Crippen LogP contribution in [0.2, 0.25) is 0 Å². The van der Waals surface area contributed by atoms with Crippen molar-refractivity contribution in [1.82, 2.24) is 24.8 Å². The number of nitrogens with one attached hydrogen (secondary N) is 1. The van der Waals surface area contributed by atoms with E-state index in [0.717, 1.165) is 36.6 Å². The molecule has 1 aliphatic rings. The Morgan fingerprint density at radius 1 is 1.23 bits per heavy atom. The van der Waals surface area contributed by atoms with Gasteiger partial charge in [-0.3, -0.25) is 9.78 Å². The summed E-state index contributed by atoms with van der Waals surface area (Å²) in [6.45, 7) is 9.92. The van der Waals surface area contributed by atoms with Gasteiger partial charge >= 0.3 is 0 Å². The molecule has 1 N–H and O–H groups in total. The molecular formula is C19H27N5O2. The number of hydrogen-bond donors (Lipinski definition) is 1. The molecule has 1 aliphatic heterocycles. The molecule has 1 saturated heterocycles. The van der Waals surface area contributed by atoms with Gasteiger partial charge in [0.15, 0.2) is 0 Å². The van der Waals surface area contributed by atoms with Gasteiger partial charge in [-0.15, -0.1) is 0 Å². The molecule has 0 unspecified atom stereocenters. The molecule has 7 nitrogen and oxygen atoms in total. The summed E-state index contributed by atoms with van der Waals surface area (Å²) in [6.07, 6.45) is 5.55. The van der Waals surface area contributed by atoms with E-state index in [0.29, 0.717) is 30.5 Å². The number of carbonyl (C=O) groups excluding carboxylic acids is 1. The summed E-state index contributed by atoms with van der Waals surface area (Å²) in [5, 5.41) is 3.19. The fourth-order valence-electron chi connectivity index (χ4n) is 3.45. The Labute approximate surface area is 154 Å². The van der Waals surface area contributed by atoms with Crippen molar-refractivity contribution < 1.29 is 9.53 Å². The minimum Gasteiger partial charge on any atom is -0.381 e. The molecule has 3 heterocycles. The number of carbonyl (C=O) groups is 1. The van der Waals surface area contributed by atoms with Crippen molar-refractivity contribution in [2.45, 2.75) is 53.1 Å². The zero-order chi connectivity index (χ0) is 18.7. The summed E-state index contributed by atoms with van der Waals surface area (Å²) >= 11 is 0. The fourth-order valence-corrected chi connectivity index (χ4v) is 3.45. The molecule has 1 fully saturated rings. The molecule has 140 valence electrons. The third-order valence-electron chi connectivity index (χ3n) is 5.09. The van der Waals surface area contributed by atoms with Crippen molar-refractivity contribution in [2.24, 2.45) is 5.92 Å². The predicted octanol–water partition coefficient (Wildman–Crippen LogP) is 2.52. The number of aryl methyl sites for hydroxylation is 4. The van der Waals surface area contributed by atoms with Crippen LogP contribution in [0.1, 0.15) is 59.2 Å². The molecule has 0 saturated carbocycles. The minimum atomic E-state index is -0.194. The maximum absolute atomic E-state index is 13.0. The molecule has 0 radical (unpaired) electrons. The van der Waals surface area contributed by atoms with Gasteiger partial charge in [0.1, 0.15) is 11.5 Å². The Bertz CT molecular complexity index is 780. The molecule has 2 aromatic rings. The summed E-state index contributed by atoms with van der Waals surface area (Å²) in [5.74, 6) is 0.989. The Morgan fingerprint density at radius 3 is 2.62 bits per heavy atom. The second-order valence-electron chi connectivity index (χ2n) is 6.80. The predicted molar refractivity (Wildman–Crippen MR) is 97.9 cm³/mol. The molecule has 3 rings (SSSR count). The third-order valence-corrected chi connectivity index (χ3v) is 5.09. The smallest absolute Gasteiger partial charge is 0.272 e. The Hall–Kier alpha value is -2.28. The Kier molecular flexibility index (Phi) is 5.66. The first-order valence-corrected chi connectivity index (χ1v) is 9.22. The van der Waals surface area contributed by atoms with Crippen LogP contribution in [0.25, 0.3) is 0 Å². The maximum atomic E-state index is 13.0. The molecule has 0 bridgehead atoms. The normalized spacial score (nSPS) is 16.5. The lowest BCUT2D eigenvalue weighted by Gasteiger charge is -2.31. The van der Waals surface area contributed by atoms with Crippen molar-refractivity contribution in [3.63, 3.8) is 0 Å². The maximum Gasteiger partial charge on any atom is 0.272 e. The van der Waals surface area contributed by atoms with Gasteiger partial charge in [0.2, 0.25) is 0 Å². The quantitative estimate of drug-likeness (QED) is 0.889. The van der Waals surface area contributed by atoms with E-state index in [1.54, 1.807) is 6.20 Å². The summed E-state index contributed by atoms with van der Waals surface area (Å²) in [5.41, 5.74) is 2.66. The van der Waals surface area contributed by atoms with Crippen LogP contribution in [0.5, 0.6) is 0 Å². The molecule has 2 aromatic heterocycles.